The van der Waals surface area contributed by atoms with Gasteiger partial charge < -0.3 is 24.7 Å². The van der Waals surface area contributed by atoms with E-state index in [2.05, 4.69) is 0 Å². The summed E-state index contributed by atoms with van der Waals surface area (Å²) in [6.07, 6.45) is -0.333. The molecule has 2 N–H and O–H groups in total. The molecule has 1 saturated heterocycles. The molecular weight excluding hydrogens is 270 g/mol. The van der Waals surface area contributed by atoms with E-state index >= 15 is 0 Å². The van der Waals surface area contributed by atoms with E-state index in [9.17, 15) is 0 Å². The molecule has 0 bridgehead atoms. The number of hydrogen-bond donors (Lipinski definition) is 1. The lowest BCUT2D eigenvalue weighted by molar-refractivity contribution is -0.0442. The van der Waals surface area contributed by atoms with Crippen LogP contribution >= 0.6 is 0 Å². The third kappa shape index (κ3) is 3.09. The molecule has 0 aliphatic carbocycles. The third-order valence-corrected chi connectivity index (χ3v) is 3.17. The van der Waals surface area contributed by atoms with Gasteiger partial charge >= 0.3 is 0 Å². The molecule has 0 spiro atoms. The first kappa shape index (κ1) is 13.7. The third-order valence-electron chi connectivity index (χ3n) is 3.17. The molecule has 0 unspecified atom stereocenters. The molecule has 0 saturated carbocycles. The zero-order chi connectivity index (χ0) is 14.7. The van der Waals surface area contributed by atoms with Gasteiger partial charge in [-0.1, -0.05) is 6.07 Å². The van der Waals surface area contributed by atoms with Crippen LogP contribution in [0, 0.1) is 0 Å². The molecule has 0 amide bonds. The molecule has 2 aromatic rings. The van der Waals surface area contributed by atoms with E-state index in [4.69, 9.17) is 24.7 Å². The maximum atomic E-state index is 5.81. The van der Waals surface area contributed by atoms with Crippen molar-refractivity contribution in [1.29, 1.82) is 0 Å². The van der Waals surface area contributed by atoms with Gasteiger partial charge in [-0.15, -0.1) is 0 Å². The number of nitrogen functional groups attached to an aromatic ring is 1. The topological polar surface area (TPSA) is 62.9 Å². The summed E-state index contributed by atoms with van der Waals surface area (Å²) in [6.45, 7) is 1.21. The number of hydrogen-bond acceptors (Lipinski definition) is 5. The first-order valence-electron chi connectivity index (χ1n) is 6.71. The maximum Gasteiger partial charge on any atom is 0.184 e. The highest BCUT2D eigenvalue weighted by Crippen LogP contribution is 2.35. The van der Waals surface area contributed by atoms with Crippen LogP contribution in [0.5, 0.6) is 17.2 Å². The average Bonchev–Trinajstić information content (AvgIpc) is 3.02. The van der Waals surface area contributed by atoms with Gasteiger partial charge in [-0.2, -0.15) is 0 Å². The van der Waals surface area contributed by atoms with Crippen LogP contribution in [0.25, 0.3) is 0 Å². The van der Waals surface area contributed by atoms with E-state index in [1.54, 1.807) is 13.2 Å². The van der Waals surface area contributed by atoms with Crippen LogP contribution in [0.15, 0.2) is 42.5 Å². The predicted molar refractivity (Wildman–Crippen MR) is 78.6 cm³/mol. The maximum absolute atomic E-state index is 5.81. The van der Waals surface area contributed by atoms with Gasteiger partial charge in [0.1, 0.15) is 5.75 Å². The largest absolute Gasteiger partial charge is 0.493 e. The van der Waals surface area contributed by atoms with Gasteiger partial charge in [-0.05, 0) is 30.3 Å². The summed E-state index contributed by atoms with van der Waals surface area (Å²) in [4.78, 5) is 0. The predicted octanol–water partition coefficient (Wildman–Crippen LogP) is 3.12. The second-order valence-electron chi connectivity index (χ2n) is 4.66. The quantitative estimate of drug-likeness (QED) is 0.875. The van der Waals surface area contributed by atoms with Crippen molar-refractivity contribution in [3.8, 4) is 17.2 Å². The molecule has 110 valence electrons. The average molecular weight is 287 g/mol. The van der Waals surface area contributed by atoms with Gasteiger partial charge in [0, 0.05) is 17.3 Å². The number of benzene rings is 2. The Bertz CT molecular complexity index is 623. The summed E-state index contributed by atoms with van der Waals surface area (Å²) in [6, 6.07) is 12.8. The molecular formula is C16H17NO4. The Kier molecular flexibility index (Phi) is 3.94. The van der Waals surface area contributed by atoms with Gasteiger partial charge in [0.25, 0.3) is 0 Å². The fourth-order valence-corrected chi connectivity index (χ4v) is 2.17. The van der Waals surface area contributed by atoms with E-state index in [0.717, 1.165) is 5.56 Å². The smallest absolute Gasteiger partial charge is 0.184 e. The SMILES string of the molecule is COc1cc(C2OCCO2)ccc1Oc1cccc(N)c1. The molecule has 3 rings (SSSR count). The van der Waals surface area contributed by atoms with E-state index < -0.39 is 0 Å². The molecule has 2 aromatic carbocycles. The van der Waals surface area contributed by atoms with Crippen molar-refractivity contribution in [2.24, 2.45) is 0 Å². The second kappa shape index (κ2) is 6.03. The minimum atomic E-state index is -0.333. The first-order chi connectivity index (χ1) is 10.3. The molecule has 1 heterocycles. The minimum Gasteiger partial charge on any atom is -0.493 e. The molecule has 1 aliphatic rings. The van der Waals surface area contributed by atoms with Crippen molar-refractivity contribution in [3.05, 3.63) is 48.0 Å². The Morgan fingerprint density at radius 2 is 1.86 bits per heavy atom. The van der Waals surface area contributed by atoms with Gasteiger partial charge in [0.2, 0.25) is 0 Å². The second-order valence-corrected chi connectivity index (χ2v) is 4.66. The summed E-state index contributed by atoms with van der Waals surface area (Å²) in [5, 5.41) is 0. The zero-order valence-corrected chi connectivity index (χ0v) is 11.7. The monoisotopic (exact) mass is 287 g/mol. The molecule has 0 aromatic heterocycles. The van der Waals surface area contributed by atoms with Crippen LogP contribution in [-0.2, 0) is 9.47 Å². The van der Waals surface area contributed by atoms with E-state index in [-0.39, 0.29) is 6.29 Å². The fraction of sp³-hybridized carbons (Fsp3) is 0.250. The first-order valence-corrected chi connectivity index (χ1v) is 6.71. The summed E-state index contributed by atoms with van der Waals surface area (Å²) >= 11 is 0. The van der Waals surface area contributed by atoms with Crippen LogP contribution in [-0.4, -0.2) is 20.3 Å². The van der Waals surface area contributed by atoms with Crippen LogP contribution < -0.4 is 15.2 Å². The van der Waals surface area contributed by atoms with Crippen LogP contribution in [0.2, 0.25) is 0 Å². The van der Waals surface area contributed by atoms with E-state index in [0.29, 0.717) is 36.1 Å². The Morgan fingerprint density at radius 1 is 1.05 bits per heavy atom. The molecule has 5 heteroatoms. The Hall–Kier alpha value is -2.24. The van der Waals surface area contributed by atoms with Gasteiger partial charge in [0.05, 0.1) is 20.3 Å². The van der Waals surface area contributed by atoms with Crippen LogP contribution in [0.4, 0.5) is 5.69 Å². The summed E-state index contributed by atoms with van der Waals surface area (Å²) in [7, 11) is 1.60. The van der Waals surface area contributed by atoms with Crippen molar-refractivity contribution in [3.63, 3.8) is 0 Å². The van der Waals surface area contributed by atoms with Crippen LogP contribution in [0.1, 0.15) is 11.9 Å². The lowest BCUT2D eigenvalue weighted by Gasteiger charge is -2.14. The normalized spacial score (nSPS) is 15.1. The summed E-state index contributed by atoms with van der Waals surface area (Å²) in [5.41, 5.74) is 7.30. The number of ether oxygens (including phenoxy) is 4. The van der Waals surface area contributed by atoms with Gasteiger partial charge in [-0.25, -0.2) is 0 Å². The lowest BCUT2D eigenvalue weighted by Crippen LogP contribution is -1.99. The molecule has 0 radical (unpaired) electrons. The zero-order valence-electron chi connectivity index (χ0n) is 11.7. The van der Waals surface area contributed by atoms with Gasteiger partial charge in [0.15, 0.2) is 17.8 Å². The Morgan fingerprint density at radius 3 is 2.57 bits per heavy atom. The van der Waals surface area contributed by atoms with E-state index in [1.165, 1.54) is 0 Å². The molecule has 0 atom stereocenters. The van der Waals surface area contributed by atoms with Crippen molar-refractivity contribution >= 4 is 5.69 Å². The van der Waals surface area contributed by atoms with E-state index in [1.807, 2.05) is 36.4 Å². The molecule has 21 heavy (non-hydrogen) atoms. The number of methoxy groups -OCH3 is 1. The molecule has 1 fully saturated rings. The number of nitrogens with two attached hydrogens (primary N) is 1. The number of rotatable bonds is 4. The summed E-state index contributed by atoms with van der Waals surface area (Å²) < 4.78 is 22.1. The molecule has 5 nitrogen and oxygen atoms in total. The highest BCUT2D eigenvalue weighted by Gasteiger charge is 2.20. The van der Waals surface area contributed by atoms with Crippen molar-refractivity contribution in [1.82, 2.24) is 0 Å². The van der Waals surface area contributed by atoms with Gasteiger partial charge in [-0.3, -0.25) is 0 Å². The fourth-order valence-electron chi connectivity index (χ4n) is 2.17. The Balaban J connectivity index is 1.84. The lowest BCUT2D eigenvalue weighted by atomic mass is 10.2. The van der Waals surface area contributed by atoms with Crippen molar-refractivity contribution in [2.45, 2.75) is 6.29 Å². The highest BCUT2D eigenvalue weighted by molar-refractivity contribution is 5.49. The minimum absolute atomic E-state index is 0.333. The summed E-state index contributed by atoms with van der Waals surface area (Å²) in [5.74, 6) is 1.90. The van der Waals surface area contributed by atoms with Crippen LogP contribution in [0.3, 0.4) is 0 Å². The van der Waals surface area contributed by atoms with Crippen molar-refractivity contribution < 1.29 is 18.9 Å². The highest BCUT2D eigenvalue weighted by atomic mass is 16.7. The number of anilines is 1. The molecule has 1 aliphatic heterocycles. The Labute approximate surface area is 123 Å². The standard InChI is InChI=1S/C16H17NO4/c1-18-15-9-11(16-19-7-8-20-16)5-6-14(15)21-13-4-2-3-12(17)10-13/h2-6,9-10,16H,7-8,17H2,1H3. The van der Waals surface area contributed by atoms with Crippen molar-refractivity contribution in [2.75, 3.05) is 26.1 Å².